The number of halogens is 2. The summed E-state index contributed by atoms with van der Waals surface area (Å²) in [6.45, 7) is 22.6. The smallest absolute Gasteiger partial charge is 0.123 e. The van der Waals surface area contributed by atoms with E-state index in [1.165, 1.54) is 65.6 Å². The molecule has 4 aromatic heterocycles. The van der Waals surface area contributed by atoms with Crippen LogP contribution in [0.25, 0.3) is 76.2 Å². The molecule has 4 heterocycles. The summed E-state index contributed by atoms with van der Waals surface area (Å²) in [5.41, 5.74) is 17.7. The first kappa shape index (κ1) is 45.9. The van der Waals surface area contributed by atoms with E-state index in [4.69, 9.17) is 0 Å². The number of benzene rings is 9. The molecule has 0 N–H and O–H groups in total. The molecule has 4 nitrogen and oxygen atoms in total. The van der Waals surface area contributed by atoms with Crippen molar-refractivity contribution in [3.05, 3.63) is 204 Å². The van der Waals surface area contributed by atoms with Crippen molar-refractivity contribution < 1.29 is 8.78 Å². The van der Waals surface area contributed by atoms with Gasteiger partial charge in [0.15, 0.2) is 0 Å². The molecule has 0 saturated heterocycles. The molecule has 0 radical (unpaired) electrons. The van der Waals surface area contributed by atoms with Crippen LogP contribution in [0.4, 0.5) is 42.9 Å². The van der Waals surface area contributed by atoms with E-state index in [0.717, 1.165) is 67.0 Å². The van der Waals surface area contributed by atoms with Crippen LogP contribution in [0.3, 0.4) is 0 Å². The van der Waals surface area contributed by atoms with E-state index in [0.29, 0.717) is 11.8 Å². The Morgan fingerprint density at radius 1 is 0.351 bits per heavy atom. The minimum Gasteiger partial charge on any atom is -0.310 e. The second-order valence-corrected chi connectivity index (χ2v) is 23.3. The zero-order chi connectivity index (χ0) is 51.3. The number of fused-ring (bicyclic) bond motifs is 12. The summed E-state index contributed by atoms with van der Waals surface area (Å²) in [5, 5.41) is 9.40. The minimum absolute atomic E-state index is 0.0855. The molecule has 0 spiro atoms. The fourth-order valence-corrected chi connectivity index (χ4v) is 11.9. The Morgan fingerprint density at radius 2 is 0.689 bits per heavy atom. The van der Waals surface area contributed by atoms with Crippen molar-refractivity contribution >= 4 is 110 Å². The highest BCUT2D eigenvalue weighted by molar-refractivity contribution is 6.32. The van der Waals surface area contributed by atoms with Crippen LogP contribution in [0.1, 0.15) is 103 Å². The molecule has 0 aliphatic heterocycles. The van der Waals surface area contributed by atoms with Crippen LogP contribution in [0, 0.1) is 11.6 Å². The van der Waals surface area contributed by atoms with Gasteiger partial charge in [-0.15, -0.1) is 0 Å². The predicted octanol–water partition coefficient (Wildman–Crippen LogP) is 20.0. The number of hydrogen-bond donors (Lipinski definition) is 0. The van der Waals surface area contributed by atoms with Crippen molar-refractivity contribution in [3.8, 4) is 0 Å². The lowest BCUT2D eigenvalue weighted by atomic mass is 9.86. The first-order valence-corrected chi connectivity index (χ1v) is 26.2. The van der Waals surface area contributed by atoms with Crippen LogP contribution in [-0.2, 0) is 10.8 Å². The molecule has 366 valence electrons. The molecule has 74 heavy (non-hydrogen) atoms. The van der Waals surface area contributed by atoms with Crippen LogP contribution in [0.15, 0.2) is 170 Å². The summed E-state index contributed by atoms with van der Waals surface area (Å²) < 4.78 is 34.5. The fraction of sp³-hybridized carbons (Fsp3) is 0.206. The Morgan fingerprint density at radius 3 is 1.01 bits per heavy atom. The molecule has 0 saturated carbocycles. The van der Waals surface area contributed by atoms with Gasteiger partial charge >= 0.3 is 0 Å². The van der Waals surface area contributed by atoms with Gasteiger partial charge in [0, 0.05) is 65.8 Å². The van der Waals surface area contributed by atoms with Gasteiger partial charge in [-0.25, -0.2) is 8.78 Å². The molecule has 13 rings (SSSR count). The zero-order valence-corrected chi connectivity index (χ0v) is 43.9. The van der Waals surface area contributed by atoms with Crippen LogP contribution < -0.4 is 9.80 Å². The molecular formula is C68H60F2N4. The van der Waals surface area contributed by atoms with Crippen molar-refractivity contribution in [1.29, 1.82) is 0 Å². The number of rotatable bonds is 8. The second kappa shape index (κ2) is 16.3. The van der Waals surface area contributed by atoms with Gasteiger partial charge < -0.3 is 18.6 Å². The third kappa shape index (κ3) is 6.90. The molecule has 13 aromatic rings. The van der Waals surface area contributed by atoms with E-state index in [2.05, 4.69) is 209 Å². The Balaban J connectivity index is 1.13. The number of hydrogen-bond acceptors (Lipinski definition) is 2. The van der Waals surface area contributed by atoms with Crippen molar-refractivity contribution in [1.82, 2.24) is 8.80 Å². The Kier molecular flexibility index (Phi) is 10.1. The summed E-state index contributed by atoms with van der Waals surface area (Å²) >= 11 is 0. The average Bonchev–Trinajstić information content (AvgIpc) is 4.14. The highest BCUT2D eigenvalue weighted by atomic mass is 19.1. The predicted molar refractivity (Wildman–Crippen MR) is 311 cm³/mol. The maximum atomic E-state index is 14.7. The van der Waals surface area contributed by atoms with Gasteiger partial charge in [-0.05, 0) is 166 Å². The molecule has 0 unspecified atom stereocenters. The van der Waals surface area contributed by atoms with E-state index >= 15 is 0 Å². The zero-order valence-electron chi connectivity index (χ0n) is 43.9. The highest BCUT2D eigenvalue weighted by Crippen LogP contribution is 2.52. The number of aromatic nitrogens is 2. The van der Waals surface area contributed by atoms with E-state index in [9.17, 15) is 8.78 Å². The van der Waals surface area contributed by atoms with Gasteiger partial charge in [-0.3, -0.25) is 0 Å². The summed E-state index contributed by atoms with van der Waals surface area (Å²) in [6.07, 6.45) is 0. The maximum absolute atomic E-state index is 14.7. The first-order valence-electron chi connectivity index (χ1n) is 26.2. The summed E-state index contributed by atoms with van der Waals surface area (Å²) in [6, 6.07) is 59.6. The standard InChI is InChI=1S/C68H60F2N4/c1-39(2)41-11-21-47(22-12-41)71(49-25-17-45(69)18-26-49)59-33-29-51-53-37-62-54(38-61(53)73-57-31-15-43(67(5,6)7)35-55(57)63(59)65(51)73)52-30-34-60(64-56-36-44(68(8,9)10)16-32-58(56)74(62)66(52)64)72(50-27-19-46(70)20-28-50)48-23-13-42(14-24-48)40(3)4/h11-40H,1-10H3. The van der Waals surface area contributed by atoms with E-state index in [-0.39, 0.29) is 22.5 Å². The van der Waals surface area contributed by atoms with Gasteiger partial charge in [-0.1, -0.05) is 118 Å². The molecule has 0 bridgehead atoms. The molecule has 0 aliphatic rings. The monoisotopic (exact) mass is 970 g/mol. The number of anilines is 6. The number of nitrogens with zero attached hydrogens (tertiary/aromatic N) is 4. The second-order valence-electron chi connectivity index (χ2n) is 23.3. The normalized spacial score (nSPS) is 12.8. The molecule has 9 aromatic carbocycles. The first-order chi connectivity index (χ1) is 35.4. The summed E-state index contributed by atoms with van der Waals surface area (Å²) in [4.78, 5) is 4.60. The molecular weight excluding hydrogens is 911 g/mol. The molecule has 6 heteroatoms. The average molecular weight is 971 g/mol. The van der Waals surface area contributed by atoms with Crippen molar-refractivity contribution in [2.24, 2.45) is 0 Å². The van der Waals surface area contributed by atoms with Crippen LogP contribution >= 0.6 is 0 Å². The molecule has 0 atom stereocenters. The summed E-state index contributed by atoms with van der Waals surface area (Å²) in [5.74, 6) is 0.242. The maximum Gasteiger partial charge on any atom is 0.123 e. The van der Waals surface area contributed by atoms with Gasteiger partial charge in [0.2, 0.25) is 0 Å². The Hall–Kier alpha value is -7.96. The highest BCUT2D eigenvalue weighted by Gasteiger charge is 2.30. The third-order valence-electron chi connectivity index (χ3n) is 16.0. The quantitative estimate of drug-likeness (QED) is 0.151. The van der Waals surface area contributed by atoms with Crippen molar-refractivity contribution in [2.45, 2.75) is 91.9 Å². The van der Waals surface area contributed by atoms with Gasteiger partial charge in [-0.2, -0.15) is 0 Å². The van der Waals surface area contributed by atoms with Crippen LogP contribution in [0.5, 0.6) is 0 Å². The topological polar surface area (TPSA) is 15.3 Å². The van der Waals surface area contributed by atoms with Gasteiger partial charge in [0.1, 0.15) is 11.6 Å². The summed E-state index contributed by atoms with van der Waals surface area (Å²) in [7, 11) is 0. The van der Waals surface area contributed by atoms with E-state index < -0.39 is 0 Å². The van der Waals surface area contributed by atoms with Crippen molar-refractivity contribution in [3.63, 3.8) is 0 Å². The largest absolute Gasteiger partial charge is 0.310 e. The van der Waals surface area contributed by atoms with Gasteiger partial charge in [0.25, 0.3) is 0 Å². The van der Waals surface area contributed by atoms with E-state index in [1.807, 2.05) is 24.3 Å². The molecule has 0 aliphatic carbocycles. The minimum atomic E-state index is -0.265. The van der Waals surface area contributed by atoms with Crippen LogP contribution in [-0.4, -0.2) is 8.80 Å². The fourth-order valence-electron chi connectivity index (χ4n) is 11.9. The SMILES string of the molecule is CC(C)c1ccc(N(c2ccc(F)cc2)c2ccc3c4cc5c(cc4n4c6ccc(C(C)(C)C)cc6c2c34)c2ccc(N(c3ccc(F)cc3)c3ccc(C(C)C)cc3)c3c4cc(C(C)(C)C)ccc4n5c23)cc1. The Labute approximate surface area is 431 Å². The lowest BCUT2D eigenvalue weighted by Gasteiger charge is -2.27. The van der Waals surface area contributed by atoms with E-state index in [1.54, 1.807) is 24.3 Å². The van der Waals surface area contributed by atoms with Gasteiger partial charge in [0.05, 0.1) is 44.5 Å². The molecule has 0 amide bonds. The molecule has 0 fully saturated rings. The van der Waals surface area contributed by atoms with Crippen LogP contribution in [0.2, 0.25) is 0 Å². The Bertz CT molecular complexity index is 4030. The third-order valence-corrected chi connectivity index (χ3v) is 16.0. The lowest BCUT2D eigenvalue weighted by Crippen LogP contribution is -2.11. The van der Waals surface area contributed by atoms with Crippen molar-refractivity contribution in [2.75, 3.05) is 9.80 Å². The lowest BCUT2D eigenvalue weighted by molar-refractivity contribution is 0.591.